The van der Waals surface area contributed by atoms with Crippen LogP contribution in [0, 0.1) is 0 Å². The maximum Gasteiger partial charge on any atom is 0.0313 e. The Bertz CT molecular complexity index is 151. The van der Waals surface area contributed by atoms with E-state index in [0.29, 0.717) is 0 Å². The lowest BCUT2D eigenvalue weighted by molar-refractivity contribution is 0.824. The molecule has 2 nitrogen and oxygen atoms in total. The Kier molecular flexibility index (Phi) is 10.3. The lowest BCUT2D eigenvalue weighted by atomic mass is 10.3. The Morgan fingerprint density at radius 1 is 1.09 bits per heavy atom. The standard InChI is InChI=1S/C6H7N.C3H8.H2O/c7-6-4-2-1-3-5-6;1-3-2;/h1-5H,7H2;3H2,1-2H3;1H2. The molecular weight excluding hydrogens is 138 g/mol. The molecule has 0 amide bonds. The molecule has 0 heterocycles. The van der Waals surface area contributed by atoms with Gasteiger partial charge < -0.3 is 11.2 Å². The van der Waals surface area contributed by atoms with Crippen LogP contribution in [0.1, 0.15) is 20.3 Å². The molecule has 0 bridgehead atoms. The number of anilines is 1. The molecule has 1 aromatic rings. The first-order chi connectivity index (χ1) is 4.81. The number of nitrogen functional groups attached to an aromatic ring is 1. The van der Waals surface area contributed by atoms with Gasteiger partial charge in [0.05, 0.1) is 0 Å². The van der Waals surface area contributed by atoms with Crippen molar-refractivity contribution >= 4 is 5.69 Å². The fourth-order valence-electron chi connectivity index (χ4n) is 0.453. The van der Waals surface area contributed by atoms with Gasteiger partial charge in [-0.15, -0.1) is 0 Å². The average molecular weight is 155 g/mol. The molecule has 0 aromatic heterocycles. The van der Waals surface area contributed by atoms with Crippen LogP contribution in [0.15, 0.2) is 30.3 Å². The zero-order valence-electron chi connectivity index (χ0n) is 7.17. The van der Waals surface area contributed by atoms with E-state index < -0.39 is 0 Å². The maximum absolute atomic E-state index is 5.36. The molecule has 4 N–H and O–H groups in total. The smallest absolute Gasteiger partial charge is 0.0313 e. The molecule has 0 saturated heterocycles. The molecule has 1 aromatic carbocycles. The second kappa shape index (κ2) is 8.98. The summed E-state index contributed by atoms with van der Waals surface area (Å²) in [6, 6.07) is 9.49. The van der Waals surface area contributed by atoms with Gasteiger partial charge in [0.15, 0.2) is 0 Å². The van der Waals surface area contributed by atoms with Crippen LogP contribution in [0.25, 0.3) is 0 Å². The van der Waals surface area contributed by atoms with Gasteiger partial charge in [-0.25, -0.2) is 0 Å². The third kappa shape index (κ3) is 8.98. The zero-order valence-corrected chi connectivity index (χ0v) is 7.17. The Balaban J connectivity index is 0. The number of nitrogens with two attached hydrogens (primary N) is 1. The van der Waals surface area contributed by atoms with Crippen LogP contribution < -0.4 is 5.73 Å². The summed E-state index contributed by atoms with van der Waals surface area (Å²) >= 11 is 0. The molecule has 2 heteroatoms. The van der Waals surface area contributed by atoms with Crippen LogP contribution in [0.5, 0.6) is 0 Å². The zero-order chi connectivity index (χ0) is 7.82. The van der Waals surface area contributed by atoms with E-state index in [9.17, 15) is 0 Å². The molecular formula is C9H17NO. The first-order valence-corrected chi connectivity index (χ1v) is 3.61. The summed E-state index contributed by atoms with van der Waals surface area (Å²) in [6.45, 7) is 4.25. The summed E-state index contributed by atoms with van der Waals surface area (Å²) in [5.74, 6) is 0. The molecule has 0 aliphatic carbocycles. The molecule has 0 unspecified atom stereocenters. The Labute approximate surface area is 68.4 Å². The van der Waals surface area contributed by atoms with Crippen molar-refractivity contribution in [2.75, 3.05) is 5.73 Å². The average Bonchev–Trinajstić information content (AvgIpc) is 1.91. The predicted octanol–water partition coefficient (Wildman–Crippen LogP) is 1.86. The first kappa shape index (κ1) is 12.6. The van der Waals surface area contributed by atoms with Crippen molar-refractivity contribution in [3.8, 4) is 0 Å². The lowest BCUT2D eigenvalue weighted by Crippen LogP contribution is -1.79. The van der Waals surface area contributed by atoms with Gasteiger partial charge in [-0.2, -0.15) is 0 Å². The molecule has 0 fully saturated rings. The molecule has 1 rings (SSSR count). The molecule has 0 atom stereocenters. The van der Waals surface area contributed by atoms with Crippen LogP contribution in [-0.2, 0) is 0 Å². The first-order valence-electron chi connectivity index (χ1n) is 3.61. The van der Waals surface area contributed by atoms with E-state index >= 15 is 0 Å². The summed E-state index contributed by atoms with van der Waals surface area (Å²) in [7, 11) is 0. The number of hydrogen-bond acceptors (Lipinski definition) is 1. The molecule has 0 aliphatic heterocycles. The van der Waals surface area contributed by atoms with Crippen LogP contribution in [-0.4, -0.2) is 5.48 Å². The molecule has 64 valence electrons. The lowest BCUT2D eigenvalue weighted by Gasteiger charge is -1.83. The van der Waals surface area contributed by atoms with Gasteiger partial charge in [-0.1, -0.05) is 38.5 Å². The van der Waals surface area contributed by atoms with Crippen LogP contribution in [0.2, 0.25) is 0 Å². The number of rotatable bonds is 0. The van der Waals surface area contributed by atoms with Crippen molar-refractivity contribution in [2.24, 2.45) is 0 Å². The van der Waals surface area contributed by atoms with E-state index in [2.05, 4.69) is 13.8 Å². The van der Waals surface area contributed by atoms with Crippen molar-refractivity contribution in [3.63, 3.8) is 0 Å². The molecule has 11 heavy (non-hydrogen) atoms. The fraction of sp³-hybridized carbons (Fsp3) is 0.333. The highest BCUT2D eigenvalue weighted by Gasteiger charge is 1.72. The van der Waals surface area contributed by atoms with Crippen molar-refractivity contribution in [1.29, 1.82) is 0 Å². The predicted molar refractivity (Wildman–Crippen MR) is 50.4 cm³/mol. The third-order valence-corrected chi connectivity index (χ3v) is 0.800. The third-order valence-electron chi connectivity index (χ3n) is 0.800. The summed E-state index contributed by atoms with van der Waals surface area (Å²) in [5, 5.41) is 0. The summed E-state index contributed by atoms with van der Waals surface area (Å²) in [5.41, 5.74) is 6.18. The number of hydrogen-bond donors (Lipinski definition) is 1. The normalized spacial score (nSPS) is 7.09. The minimum absolute atomic E-state index is 0. The maximum atomic E-state index is 5.36. The van der Waals surface area contributed by atoms with Gasteiger partial charge in [0.1, 0.15) is 0 Å². The van der Waals surface area contributed by atoms with E-state index in [4.69, 9.17) is 5.73 Å². The van der Waals surface area contributed by atoms with E-state index in [0.717, 1.165) is 5.69 Å². The van der Waals surface area contributed by atoms with Crippen molar-refractivity contribution in [2.45, 2.75) is 20.3 Å². The SMILES string of the molecule is CCC.Nc1ccccc1.O. The van der Waals surface area contributed by atoms with Gasteiger partial charge >= 0.3 is 0 Å². The van der Waals surface area contributed by atoms with Gasteiger partial charge in [-0.3, -0.25) is 0 Å². The number of para-hydroxylation sites is 1. The largest absolute Gasteiger partial charge is 0.412 e. The summed E-state index contributed by atoms with van der Waals surface area (Å²) in [6.07, 6.45) is 1.25. The summed E-state index contributed by atoms with van der Waals surface area (Å²) in [4.78, 5) is 0. The highest BCUT2D eigenvalue weighted by molar-refractivity contribution is 5.35. The van der Waals surface area contributed by atoms with Crippen LogP contribution in [0.3, 0.4) is 0 Å². The van der Waals surface area contributed by atoms with E-state index in [1.54, 1.807) is 0 Å². The van der Waals surface area contributed by atoms with Crippen molar-refractivity contribution in [1.82, 2.24) is 0 Å². The quantitative estimate of drug-likeness (QED) is 0.571. The molecule has 0 radical (unpaired) electrons. The van der Waals surface area contributed by atoms with Crippen molar-refractivity contribution in [3.05, 3.63) is 30.3 Å². The highest BCUT2D eigenvalue weighted by Crippen LogP contribution is 1.95. The van der Waals surface area contributed by atoms with Gasteiger partial charge in [0.2, 0.25) is 0 Å². The molecule has 0 saturated carbocycles. The fourth-order valence-corrected chi connectivity index (χ4v) is 0.453. The molecule has 0 aliphatic rings. The second-order valence-corrected chi connectivity index (χ2v) is 2.12. The van der Waals surface area contributed by atoms with E-state index in [-0.39, 0.29) is 5.48 Å². The number of benzene rings is 1. The van der Waals surface area contributed by atoms with Crippen LogP contribution >= 0.6 is 0 Å². The van der Waals surface area contributed by atoms with Crippen molar-refractivity contribution < 1.29 is 5.48 Å². The topological polar surface area (TPSA) is 57.5 Å². The molecule has 0 spiro atoms. The Hall–Kier alpha value is -1.02. The van der Waals surface area contributed by atoms with Gasteiger partial charge in [0, 0.05) is 5.69 Å². The summed E-state index contributed by atoms with van der Waals surface area (Å²) < 4.78 is 0. The van der Waals surface area contributed by atoms with E-state index in [1.165, 1.54) is 6.42 Å². The Morgan fingerprint density at radius 2 is 1.45 bits per heavy atom. The highest BCUT2D eigenvalue weighted by atomic mass is 16.0. The monoisotopic (exact) mass is 155 g/mol. The van der Waals surface area contributed by atoms with E-state index in [1.807, 2.05) is 30.3 Å². The minimum Gasteiger partial charge on any atom is -0.412 e. The van der Waals surface area contributed by atoms with Gasteiger partial charge in [0.25, 0.3) is 0 Å². The minimum atomic E-state index is 0. The second-order valence-electron chi connectivity index (χ2n) is 2.12. The van der Waals surface area contributed by atoms with Gasteiger partial charge in [-0.05, 0) is 12.1 Å². The van der Waals surface area contributed by atoms with Crippen LogP contribution in [0.4, 0.5) is 5.69 Å². The Morgan fingerprint density at radius 3 is 1.64 bits per heavy atom.